The largest absolute Gasteiger partial charge is 0.465 e. The summed E-state index contributed by atoms with van der Waals surface area (Å²) in [7, 11) is -7.71. The first-order chi connectivity index (χ1) is 58.8. The molecule has 10 aromatic rings. The molecule has 680 valence electrons. The summed E-state index contributed by atoms with van der Waals surface area (Å²) in [5.41, 5.74) is 8.79. The highest BCUT2D eigenvalue weighted by Gasteiger charge is 2.26. The summed E-state index contributed by atoms with van der Waals surface area (Å²) < 4.78 is 115. The van der Waals surface area contributed by atoms with Crippen molar-refractivity contribution >= 4 is 180 Å². The number of carbonyl (C=O) groups excluding carboxylic acids is 4. The van der Waals surface area contributed by atoms with Gasteiger partial charge in [-0.15, -0.1) is 92.8 Å². The number of esters is 2. The van der Waals surface area contributed by atoms with Crippen LogP contribution in [-0.2, 0) is 67.8 Å². The molecule has 3 aromatic heterocycles. The van der Waals surface area contributed by atoms with Crippen LogP contribution in [0.5, 0.6) is 0 Å². The Morgan fingerprint density at radius 3 is 1.33 bits per heavy atom. The molecule has 34 heteroatoms. The molecule has 0 spiro atoms. The van der Waals surface area contributed by atoms with Crippen molar-refractivity contribution in [2.24, 2.45) is 17.6 Å². The fourth-order valence-electron chi connectivity index (χ4n) is 11.0. The molecule has 2 atom stereocenters. The first kappa shape index (κ1) is 109. The number of nitrogens with two attached hydrogens (primary N) is 1. The molecule has 4 N–H and O–H groups in total. The molecule has 125 heavy (non-hydrogen) atoms. The smallest absolute Gasteiger partial charge is 0.408 e. The van der Waals surface area contributed by atoms with E-state index in [1.807, 2.05) is 66.2 Å². The Labute approximate surface area is 791 Å². The van der Waals surface area contributed by atoms with E-state index in [9.17, 15) is 49.2 Å². The second kappa shape index (κ2) is 55.6. The van der Waals surface area contributed by atoms with Gasteiger partial charge in [0.2, 0.25) is 9.84 Å². The molecule has 7 aromatic carbocycles. The van der Waals surface area contributed by atoms with Gasteiger partial charge >= 0.3 is 24.1 Å². The fraction of sp³-hybridized carbons (Fsp3) is 0.396. The lowest BCUT2D eigenvalue weighted by atomic mass is 10.0. The first-order valence-electron chi connectivity index (χ1n) is 39.8. The molecule has 10 rings (SSSR count). The van der Waals surface area contributed by atoms with Crippen molar-refractivity contribution < 1.29 is 68.1 Å². The average molecular weight is 2050 g/mol. The molecule has 2 unspecified atom stereocenters. The van der Waals surface area contributed by atoms with Crippen molar-refractivity contribution in [1.82, 2.24) is 25.6 Å². The van der Waals surface area contributed by atoms with E-state index in [0.29, 0.717) is 67.3 Å². The van der Waals surface area contributed by atoms with Crippen LogP contribution in [0.25, 0.3) is 33.4 Å². The van der Waals surface area contributed by atoms with E-state index < -0.39 is 48.9 Å². The number of rotatable bonds is 36. The van der Waals surface area contributed by atoms with Crippen LogP contribution in [-0.4, -0.2) is 117 Å². The summed E-state index contributed by atoms with van der Waals surface area (Å²) in [6.07, 6.45) is 21.0. The Balaban J connectivity index is 0.000000281. The van der Waals surface area contributed by atoms with Gasteiger partial charge in [0.1, 0.15) is 47.9 Å². The third-order valence-electron chi connectivity index (χ3n) is 17.4. The number of sulfone groups is 2. The first-order valence-corrected chi connectivity index (χ1v) is 53.7. The van der Waals surface area contributed by atoms with E-state index in [2.05, 4.69) is 146 Å². The van der Waals surface area contributed by atoms with Crippen molar-refractivity contribution in [3.05, 3.63) is 205 Å². The van der Waals surface area contributed by atoms with E-state index in [-0.39, 0.29) is 57.1 Å². The van der Waals surface area contributed by atoms with Gasteiger partial charge in [-0.1, -0.05) is 138 Å². The molecule has 0 saturated heterocycles. The monoisotopic (exact) mass is 2050 g/mol. The third kappa shape index (κ3) is 41.5. The number of thioether (sulfide) groups is 5. The summed E-state index contributed by atoms with van der Waals surface area (Å²) >= 11 is 20.7. The number of hydrogen-bond donors (Lipinski definition) is 3. The Kier molecular flexibility index (Phi) is 48.5. The predicted octanol–water partition coefficient (Wildman–Crippen LogP) is 26.9. The summed E-state index contributed by atoms with van der Waals surface area (Å²) in [4.78, 5) is 65.8. The highest BCUT2D eigenvalue weighted by atomic mass is 79.9. The van der Waals surface area contributed by atoms with Crippen molar-refractivity contribution in [3.8, 4) is 33.4 Å². The maximum absolute atomic E-state index is 13.6. The number of ether oxygens (including phenoxy) is 4. The molecule has 0 aliphatic carbocycles. The molecule has 2 amide bonds. The van der Waals surface area contributed by atoms with E-state index >= 15 is 0 Å². The number of nitrogens with one attached hydrogen (secondary N) is 2. The van der Waals surface area contributed by atoms with Crippen LogP contribution in [0.4, 0.5) is 22.8 Å². The Hall–Kier alpha value is -6.38. The van der Waals surface area contributed by atoms with Gasteiger partial charge in [0.25, 0.3) is 0 Å². The molecular weight excluding hydrogens is 1940 g/mol. The van der Waals surface area contributed by atoms with Crippen molar-refractivity contribution in [2.45, 2.75) is 219 Å². The summed E-state index contributed by atoms with van der Waals surface area (Å²) in [5.74, 6) is 1.21. The number of hydrogen-bond acceptors (Lipinski definition) is 25. The zero-order valence-electron chi connectivity index (χ0n) is 72.0. The van der Waals surface area contributed by atoms with E-state index in [0.717, 1.165) is 119 Å². The van der Waals surface area contributed by atoms with Crippen LogP contribution < -0.4 is 16.4 Å². The number of alkyl carbamates (subject to hydrolysis) is 2. The van der Waals surface area contributed by atoms with Crippen molar-refractivity contribution in [3.63, 3.8) is 0 Å². The van der Waals surface area contributed by atoms with Crippen LogP contribution >= 0.6 is 136 Å². The van der Waals surface area contributed by atoms with E-state index in [4.69, 9.17) is 24.7 Å². The van der Waals surface area contributed by atoms with Crippen LogP contribution in [0.1, 0.15) is 156 Å². The van der Waals surface area contributed by atoms with Crippen LogP contribution in [0.3, 0.4) is 0 Å². The molecule has 0 saturated carbocycles. The predicted molar refractivity (Wildman–Crippen MR) is 522 cm³/mol. The van der Waals surface area contributed by atoms with Gasteiger partial charge in [0.05, 0.1) is 75.5 Å². The van der Waals surface area contributed by atoms with E-state index in [1.54, 1.807) is 113 Å². The number of unbranched alkanes of at least 4 members (excludes halogenated alkanes) is 2. The second-order valence-electron chi connectivity index (χ2n) is 29.7. The summed E-state index contributed by atoms with van der Waals surface area (Å²) in [6.45, 7) is 21.6. The van der Waals surface area contributed by atoms with Crippen LogP contribution in [0, 0.1) is 29.3 Å². The van der Waals surface area contributed by atoms with Crippen LogP contribution in [0.15, 0.2) is 220 Å². The normalized spacial score (nSPS) is 11.7. The number of carbonyl (C=O) groups is 4. The number of amides is 2. The highest BCUT2D eigenvalue weighted by Crippen LogP contribution is 2.39. The SMILES string of the molecule is C.CC(C)(C)OC(=O)NCc1ncc(Br)s1.CCCCC(CC)COC(=O)CCSc1cc(Br)cc(SC)c1.CCCCC(CC)COC(=O)CCSc1cc(SC)cc(-c2cccc(F)c2)c1.CS(=O)(=O)c1cc(-c2cccc(F)c2)cc(S(=O)(=O)c2cnc(CN)s2)c1.CSc1cc(Sc2cnc(CNC(=O)OC(C)(C)C)s2)cc(-c2cccc(F)c2)c1. The van der Waals surface area contributed by atoms with Crippen molar-refractivity contribution in [2.75, 3.05) is 49.7 Å². The maximum Gasteiger partial charge on any atom is 0.408 e. The minimum Gasteiger partial charge on any atom is -0.465 e. The molecule has 18 nitrogen and oxygen atoms in total. The van der Waals surface area contributed by atoms with E-state index in [1.165, 1.54) is 107 Å². The minimum absolute atomic E-state index is 0. The molecule has 3 heterocycles. The van der Waals surface area contributed by atoms with Crippen molar-refractivity contribution in [1.29, 1.82) is 0 Å². The van der Waals surface area contributed by atoms with Gasteiger partial charge in [0, 0.05) is 58.2 Å². The number of nitrogens with zero attached hydrogens (tertiary/aromatic N) is 3. The van der Waals surface area contributed by atoms with Gasteiger partial charge in [-0.05, 0) is 243 Å². The topological polar surface area (TPSA) is 262 Å². The maximum atomic E-state index is 13.6. The number of thiazole rings is 3. The Morgan fingerprint density at radius 2 is 0.912 bits per heavy atom. The third-order valence-corrected chi connectivity index (χ3v) is 29.8. The molecule has 0 radical (unpaired) electrons. The average Bonchev–Trinajstić information content (AvgIpc) is 1.71. The molecule has 0 fully saturated rings. The number of benzene rings is 7. The van der Waals surface area contributed by atoms with Gasteiger partial charge < -0.3 is 35.3 Å². The molecule has 0 aliphatic rings. The minimum atomic E-state index is -4.01. The lowest BCUT2D eigenvalue weighted by molar-refractivity contribution is -0.145. The fourth-order valence-corrected chi connectivity index (χ4v) is 21.9. The summed E-state index contributed by atoms with van der Waals surface area (Å²) in [6, 6.07) is 41.3. The van der Waals surface area contributed by atoms with Gasteiger partial charge in [-0.25, -0.2) is 54.5 Å². The molecular formula is C91H113Br2F3N6O12S11. The van der Waals surface area contributed by atoms with Crippen LogP contribution in [0.2, 0.25) is 0 Å². The zero-order chi connectivity index (χ0) is 91.2. The lowest BCUT2D eigenvalue weighted by Gasteiger charge is -2.19. The summed E-state index contributed by atoms with van der Waals surface area (Å²) in [5, 5.41) is 7.44. The standard InChI is InChI=1S/C24H31FO2S2.C22H23FN2O2S3.C18H27BrO2S2.C17H15FN2O4S3.C9H13BrN2O2S.CH4/c1-4-6-8-18(5-2)17-27-24(26)11-12-29-23-15-20(14-22(16-23)28-3)19-9-7-10-21(25)13-19;1-22(2,3)27-21(26)25-12-19-24-13-20(30-19)29-18-10-15(9-17(11-18)28-4)14-6-5-7-16(23)8-14;1-4-6-7-14(5-2)13-21-18(20)8-9-23-17-11-15(19)10-16(12-17)22-3;1-26(21,22)14-6-12(11-3-2-4-13(18)5-11)7-15(8-14)27(23,24)17-10-20-16(9-19)25-17;1-9(2,3)14-8(13)12-5-7-11-4-6(10)15-7;/h7,9-10,13-16,18H,4-6,8,11-12,17H2,1-3H3;5-11,13H,12H2,1-4H3,(H,25,26);10-12,14H,4-9,13H2,1-3H3;2-8,10H,9,19H2,1H3;4H,5H2,1-3H3,(H,12,13);1H4. The number of aromatic nitrogens is 3. The Bertz CT molecular complexity index is 5300. The molecule has 0 bridgehead atoms. The van der Waals surface area contributed by atoms with Gasteiger partial charge in [0.15, 0.2) is 9.84 Å². The lowest BCUT2D eigenvalue weighted by Crippen LogP contribution is -2.32. The number of halogens is 5. The highest BCUT2D eigenvalue weighted by molar-refractivity contribution is 9.11. The molecule has 0 aliphatic heterocycles. The van der Waals surface area contributed by atoms with Gasteiger partial charge in [-0.2, -0.15) is 0 Å². The zero-order valence-corrected chi connectivity index (χ0v) is 84.1. The van der Waals surface area contributed by atoms with Gasteiger partial charge in [-0.3, -0.25) is 9.59 Å². The second-order valence-corrected chi connectivity index (χ2v) is 45.9. The Morgan fingerprint density at radius 1 is 0.504 bits per heavy atom. The quantitative estimate of drug-likeness (QED) is 0.0187.